The van der Waals surface area contributed by atoms with Crippen LogP contribution in [0.1, 0.15) is 58.9 Å². The van der Waals surface area contributed by atoms with Gasteiger partial charge in [0.15, 0.2) is 0 Å². The molecule has 4 nitrogen and oxygen atoms in total. The van der Waals surface area contributed by atoms with Crippen molar-refractivity contribution in [2.45, 2.75) is 50.7 Å². The second-order valence-corrected chi connectivity index (χ2v) is 7.88. The van der Waals surface area contributed by atoms with Gasteiger partial charge in [0.1, 0.15) is 6.04 Å². The zero-order valence-corrected chi connectivity index (χ0v) is 14.9. The van der Waals surface area contributed by atoms with Gasteiger partial charge in [0.2, 0.25) is 5.91 Å². The number of thiophene rings is 1. The van der Waals surface area contributed by atoms with Gasteiger partial charge >= 0.3 is 0 Å². The molecular formula is C20H22N2O2S. The first-order valence-electron chi connectivity index (χ1n) is 8.96. The quantitative estimate of drug-likeness (QED) is 0.905. The second-order valence-electron chi connectivity index (χ2n) is 6.85. The van der Waals surface area contributed by atoms with Gasteiger partial charge in [-0.15, -0.1) is 11.3 Å². The minimum atomic E-state index is -0.521. The molecule has 0 radical (unpaired) electrons. The van der Waals surface area contributed by atoms with Crippen molar-refractivity contribution in [2.24, 2.45) is 0 Å². The number of nitrogens with zero attached hydrogens (tertiary/aromatic N) is 1. The normalized spacial score (nSPS) is 20.6. The van der Waals surface area contributed by atoms with Gasteiger partial charge in [-0.3, -0.25) is 9.59 Å². The van der Waals surface area contributed by atoms with E-state index in [9.17, 15) is 9.59 Å². The Bertz CT molecular complexity index is 766. The molecular weight excluding hydrogens is 332 g/mol. The van der Waals surface area contributed by atoms with Crippen LogP contribution in [0.3, 0.4) is 0 Å². The lowest BCUT2D eigenvalue weighted by molar-refractivity contribution is -0.126. The number of carbonyl (C=O) groups is 2. The number of nitrogens with one attached hydrogen (secondary N) is 1. The largest absolute Gasteiger partial charge is 0.351 e. The smallest absolute Gasteiger partial charge is 0.255 e. The number of benzene rings is 1. The van der Waals surface area contributed by atoms with Crippen molar-refractivity contribution in [3.63, 3.8) is 0 Å². The Morgan fingerprint density at radius 3 is 2.68 bits per heavy atom. The van der Waals surface area contributed by atoms with Gasteiger partial charge < -0.3 is 10.2 Å². The molecule has 2 aliphatic rings. The zero-order valence-electron chi connectivity index (χ0n) is 14.1. The van der Waals surface area contributed by atoms with Crippen LogP contribution in [0.25, 0.3) is 0 Å². The third-order valence-electron chi connectivity index (χ3n) is 5.16. The maximum Gasteiger partial charge on any atom is 0.255 e. The Morgan fingerprint density at radius 1 is 1.12 bits per heavy atom. The highest BCUT2D eigenvalue weighted by Crippen LogP contribution is 2.35. The monoisotopic (exact) mass is 354 g/mol. The van der Waals surface area contributed by atoms with Crippen LogP contribution >= 0.6 is 11.3 Å². The Kier molecular flexibility index (Phi) is 4.57. The van der Waals surface area contributed by atoms with Crippen molar-refractivity contribution in [3.05, 3.63) is 57.8 Å². The number of fused-ring (bicyclic) bond motifs is 1. The van der Waals surface area contributed by atoms with Crippen LogP contribution < -0.4 is 5.32 Å². The van der Waals surface area contributed by atoms with Crippen molar-refractivity contribution in [3.8, 4) is 0 Å². The summed E-state index contributed by atoms with van der Waals surface area (Å²) in [6.07, 6.45) is 5.67. The van der Waals surface area contributed by atoms with Crippen molar-refractivity contribution in [2.75, 3.05) is 0 Å². The van der Waals surface area contributed by atoms with E-state index in [1.807, 2.05) is 41.8 Å². The summed E-state index contributed by atoms with van der Waals surface area (Å²) in [4.78, 5) is 28.8. The number of hydrogen-bond acceptors (Lipinski definition) is 3. The number of hydrogen-bond donors (Lipinski definition) is 1. The highest BCUT2D eigenvalue weighted by atomic mass is 32.1. The summed E-state index contributed by atoms with van der Waals surface area (Å²) in [5, 5.41) is 5.20. The SMILES string of the molecule is O=C(NC1CCCCC1)[C@H]1c2ccccc2C(=O)N1Cc1cccs1. The molecule has 2 heterocycles. The Morgan fingerprint density at radius 2 is 1.92 bits per heavy atom. The molecule has 1 fully saturated rings. The maximum atomic E-state index is 13.1. The number of rotatable bonds is 4. The number of amides is 2. The van der Waals surface area contributed by atoms with E-state index in [4.69, 9.17) is 0 Å². The first-order valence-corrected chi connectivity index (χ1v) is 9.84. The van der Waals surface area contributed by atoms with Crippen LogP contribution in [0.2, 0.25) is 0 Å². The zero-order chi connectivity index (χ0) is 17.2. The maximum absolute atomic E-state index is 13.1. The molecule has 5 heteroatoms. The molecule has 0 unspecified atom stereocenters. The molecule has 4 rings (SSSR count). The average Bonchev–Trinajstić information content (AvgIpc) is 3.24. The average molecular weight is 354 g/mol. The summed E-state index contributed by atoms with van der Waals surface area (Å²) in [6, 6.07) is 11.2. The molecule has 1 aliphatic heterocycles. The van der Waals surface area contributed by atoms with Crippen LogP contribution in [0.15, 0.2) is 41.8 Å². The minimum Gasteiger partial charge on any atom is -0.351 e. The first kappa shape index (κ1) is 16.3. The lowest BCUT2D eigenvalue weighted by Crippen LogP contribution is -2.43. The van der Waals surface area contributed by atoms with E-state index in [-0.39, 0.29) is 17.9 Å². The third-order valence-corrected chi connectivity index (χ3v) is 6.03. The molecule has 1 aliphatic carbocycles. The van der Waals surface area contributed by atoms with Crippen molar-refractivity contribution < 1.29 is 9.59 Å². The van der Waals surface area contributed by atoms with Gasteiger partial charge in [-0.25, -0.2) is 0 Å². The predicted octanol–water partition coefficient (Wildman–Crippen LogP) is 3.89. The van der Waals surface area contributed by atoms with Gasteiger partial charge in [-0.2, -0.15) is 0 Å². The molecule has 0 bridgehead atoms. The molecule has 2 amide bonds. The topological polar surface area (TPSA) is 49.4 Å². The van der Waals surface area contributed by atoms with Crippen molar-refractivity contribution in [1.29, 1.82) is 0 Å². The summed E-state index contributed by atoms with van der Waals surface area (Å²) < 4.78 is 0. The molecule has 0 saturated heterocycles. The van der Waals surface area contributed by atoms with E-state index in [0.717, 1.165) is 23.3 Å². The molecule has 1 saturated carbocycles. The molecule has 0 spiro atoms. The lowest BCUT2D eigenvalue weighted by atomic mass is 9.95. The predicted molar refractivity (Wildman–Crippen MR) is 98.4 cm³/mol. The standard InChI is InChI=1S/C20H22N2O2S/c23-19(21-14-7-2-1-3-8-14)18-16-10-4-5-11-17(16)20(24)22(18)13-15-9-6-12-25-15/h4-6,9-12,14,18H,1-3,7-8,13H2,(H,21,23)/t18-/m1/s1. The summed E-state index contributed by atoms with van der Waals surface area (Å²) in [6.45, 7) is 0.480. The van der Waals surface area contributed by atoms with Gasteiger partial charge in [-0.05, 0) is 35.9 Å². The number of carbonyl (C=O) groups excluding carboxylic acids is 2. The Hall–Kier alpha value is -2.14. The molecule has 2 aromatic rings. The fourth-order valence-corrected chi connectivity index (χ4v) is 4.62. The fraction of sp³-hybridized carbons (Fsp3) is 0.400. The summed E-state index contributed by atoms with van der Waals surface area (Å²) in [5.41, 5.74) is 1.49. The molecule has 130 valence electrons. The van der Waals surface area contributed by atoms with Crippen LogP contribution in [0.5, 0.6) is 0 Å². The van der Waals surface area contributed by atoms with Gasteiger partial charge in [-0.1, -0.05) is 43.5 Å². The van der Waals surface area contributed by atoms with Crippen LogP contribution in [0, 0.1) is 0 Å². The van der Waals surface area contributed by atoms with E-state index in [0.29, 0.717) is 12.1 Å². The van der Waals surface area contributed by atoms with Crippen molar-refractivity contribution >= 4 is 23.2 Å². The van der Waals surface area contributed by atoms with Gasteiger partial charge in [0, 0.05) is 16.5 Å². The Balaban J connectivity index is 1.60. The van der Waals surface area contributed by atoms with Crippen LogP contribution in [0.4, 0.5) is 0 Å². The highest BCUT2D eigenvalue weighted by Gasteiger charge is 2.41. The molecule has 1 aromatic heterocycles. The summed E-state index contributed by atoms with van der Waals surface area (Å²) in [5.74, 6) is -0.0884. The Labute approximate surface area is 151 Å². The van der Waals surface area contributed by atoms with E-state index in [2.05, 4.69) is 5.32 Å². The fourth-order valence-electron chi connectivity index (χ4n) is 3.91. The molecule has 1 aromatic carbocycles. The van der Waals surface area contributed by atoms with Crippen LogP contribution in [-0.2, 0) is 11.3 Å². The third kappa shape index (κ3) is 3.21. The van der Waals surface area contributed by atoms with E-state index < -0.39 is 6.04 Å². The first-order chi connectivity index (χ1) is 12.2. The van der Waals surface area contributed by atoms with Gasteiger partial charge in [0.25, 0.3) is 5.91 Å². The lowest BCUT2D eigenvalue weighted by Gasteiger charge is -2.28. The van der Waals surface area contributed by atoms with Crippen molar-refractivity contribution in [1.82, 2.24) is 10.2 Å². The molecule has 1 atom stereocenters. The highest BCUT2D eigenvalue weighted by molar-refractivity contribution is 7.09. The molecule has 1 N–H and O–H groups in total. The molecule has 25 heavy (non-hydrogen) atoms. The second kappa shape index (κ2) is 7.00. The minimum absolute atomic E-state index is 0.0400. The van der Waals surface area contributed by atoms with E-state index in [1.165, 1.54) is 19.3 Å². The van der Waals surface area contributed by atoms with E-state index in [1.54, 1.807) is 16.2 Å². The van der Waals surface area contributed by atoms with Crippen LogP contribution in [-0.4, -0.2) is 22.8 Å². The summed E-state index contributed by atoms with van der Waals surface area (Å²) >= 11 is 1.61. The van der Waals surface area contributed by atoms with E-state index >= 15 is 0 Å². The van der Waals surface area contributed by atoms with Gasteiger partial charge in [0.05, 0.1) is 6.54 Å². The summed E-state index contributed by atoms with van der Waals surface area (Å²) in [7, 11) is 0.